The van der Waals surface area contributed by atoms with Gasteiger partial charge in [-0.2, -0.15) is 0 Å². The first-order chi connectivity index (χ1) is 6.54. The first-order valence-corrected chi connectivity index (χ1v) is 6.81. The van der Waals surface area contributed by atoms with E-state index in [0.29, 0.717) is 0 Å². The molecule has 1 nitrogen and oxygen atoms in total. The average molecular weight is 407 g/mol. The molecule has 0 saturated heterocycles. The fourth-order valence-electron chi connectivity index (χ4n) is 0.853. The van der Waals surface area contributed by atoms with Crippen LogP contribution in [0.25, 0.3) is 0 Å². The molecule has 0 radical (unpaired) electrons. The Kier molecular flexibility index (Phi) is 5.25. The fraction of sp³-hybridized carbons (Fsp3) is 0.333. The molecule has 0 amide bonds. The summed E-state index contributed by atoms with van der Waals surface area (Å²) in [6, 6.07) is 3.83. The SMILES string of the molecule is CCC(Cl)Oc1c(Br)cc(Br)cc1Br. The summed E-state index contributed by atoms with van der Waals surface area (Å²) >= 11 is 16.1. The van der Waals surface area contributed by atoms with Crippen molar-refractivity contribution < 1.29 is 4.74 Å². The molecule has 0 bridgehead atoms. The van der Waals surface area contributed by atoms with Crippen molar-refractivity contribution in [3.05, 3.63) is 25.6 Å². The zero-order chi connectivity index (χ0) is 10.7. The molecule has 0 aliphatic rings. The maximum absolute atomic E-state index is 5.91. The first-order valence-electron chi connectivity index (χ1n) is 4.00. The van der Waals surface area contributed by atoms with Crippen LogP contribution in [-0.4, -0.2) is 5.56 Å². The second-order valence-electron chi connectivity index (χ2n) is 2.63. The molecule has 0 heterocycles. The lowest BCUT2D eigenvalue weighted by atomic mass is 10.3. The van der Waals surface area contributed by atoms with Gasteiger partial charge < -0.3 is 4.74 Å². The molecule has 14 heavy (non-hydrogen) atoms. The van der Waals surface area contributed by atoms with Crippen LogP contribution >= 0.6 is 59.4 Å². The Bertz CT molecular complexity index is 307. The molecular formula is C9H8Br3ClO. The van der Waals surface area contributed by atoms with E-state index < -0.39 is 0 Å². The smallest absolute Gasteiger partial charge is 0.172 e. The van der Waals surface area contributed by atoms with Gasteiger partial charge in [0.25, 0.3) is 0 Å². The predicted molar refractivity (Wildman–Crippen MR) is 70.1 cm³/mol. The minimum absolute atomic E-state index is 0.302. The maximum Gasteiger partial charge on any atom is 0.172 e. The van der Waals surface area contributed by atoms with Crippen LogP contribution in [0.3, 0.4) is 0 Å². The molecule has 1 aromatic carbocycles. The summed E-state index contributed by atoms with van der Waals surface area (Å²) in [5.41, 5.74) is -0.302. The molecule has 0 spiro atoms. The standard InChI is InChI=1S/C9H8Br3ClO/c1-2-8(13)14-9-6(11)3-5(10)4-7(9)12/h3-4,8H,2H2,1H3. The fourth-order valence-corrected chi connectivity index (χ4v) is 3.39. The van der Waals surface area contributed by atoms with Crippen molar-refractivity contribution in [2.45, 2.75) is 18.9 Å². The average Bonchev–Trinajstić information content (AvgIpc) is 2.10. The van der Waals surface area contributed by atoms with E-state index in [4.69, 9.17) is 16.3 Å². The number of alkyl halides is 1. The molecule has 1 unspecified atom stereocenters. The van der Waals surface area contributed by atoms with Gasteiger partial charge in [0.05, 0.1) is 8.95 Å². The second-order valence-corrected chi connectivity index (χ2v) is 5.75. The van der Waals surface area contributed by atoms with Gasteiger partial charge in [-0.25, -0.2) is 0 Å². The van der Waals surface area contributed by atoms with Crippen molar-refractivity contribution >= 4 is 59.4 Å². The van der Waals surface area contributed by atoms with E-state index in [-0.39, 0.29) is 5.56 Å². The van der Waals surface area contributed by atoms with Crippen molar-refractivity contribution in [1.82, 2.24) is 0 Å². The van der Waals surface area contributed by atoms with E-state index in [1.807, 2.05) is 19.1 Å². The molecule has 0 aliphatic heterocycles. The van der Waals surface area contributed by atoms with E-state index in [1.54, 1.807) is 0 Å². The Labute approximate surface area is 114 Å². The highest BCUT2D eigenvalue weighted by Crippen LogP contribution is 2.37. The summed E-state index contributed by atoms with van der Waals surface area (Å²) in [5.74, 6) is 0.732. The lowest BCUT2D eigenvalue weighted by Crippen LogP contribution is -2.07. The van der Waals surface area contributed by atoms with E-state index in [1.165, 1.54) is 0 Å². The Morgan fingerprint density at radius 2 is 1.79 bits per heavy atom. The van der Waals surface area contributed by atoms with Crippen molar-refractivity contribution in [2.24, 2.45) is 0 Å². The van der Waals surface area contributed by atoms with Gasteiger partial charge in [-0.05, 0) is 50.4 Å². The second kappa shape index (κ2) is 5.73. The summed E-state index contributed by atoms with van der Waals surface area (Å²) in [6.45, 7) is 1.97. The lowest BCUT2D eigenvalue weighted by molar-refractivity contribution is 0.273. The Morgan fingerprint density at radius 3 is 2.21 bits per heavy atom. The minimum atomic E-state index is -0.302. The summed E-state index contributed by atoms with van der Waals surface area (Å²) in [7, 11) is 0. The number of halogens is 4. The Hall–Kier alpha value is 0.750. The third-order valence-electron chi connectivity index (χ3n) is 1.53. The normalized spacial score (nSPS) is 12.6. The zero-order valence-electron chi connectivity index (χ0n) is 7.36. The molecule has 0 fully saturated rings. The van der Waals surface area contributed by atoms with Crippen LogP contribution < -0.4 is 4.74 Å². The summed E-state index contributed by atoms with van der Waals surface area (Å²) < 4.78 is 8.25. The van der Waals surface area contributed by atoms with E-state index in [9.17, 15) is 0 Å². The van der Waals surface area contributed by atoms with Gasteiger partial charge in [0.1, 0.15) is 5.75 Å². The van der Waals surface area contributed by atoms with E-state index in [0.717, 1.165) is 25.6 Å². The van der Waals surface area contributed by atoms with Crippen LogP contribution in [0.4, 0.5) is 0 Å². The molecule has 1 aromatic rings. The lowest BCUT2D eigenvalue weighted by Gasteiger charge is -2.14. The molecule has 1 atom stereocenters. The Balaban J connectivity index is 2.96. The quantitative estimate of drug-likeness (QED) is 0.616. The topological polar surface area (TPSA) is 9.23 Å². The third-order valence-corrected chi connectivity index (χ3v) is 3.56. The number of hydrogen-bond acceptors (Lipinski definition) is 1. The van der Waals surface area contributed by atoms with Crippen molar-refractivity contribution in [1.29, 1.82) is 0 Å². The molecule has 0 N–H and O–H groups in total. The van der Waals surface area contributed by atoms with Gasteiger partial charge >= 0.3 is 0 Å². The van der Waals surface area contributed by atoms with Crippen LogP contribution in [0.5, 0.6) is 5.75 Å². The van der Waals surface area contributed by atoms with Crippen molar-refractivity contribution in [3.63, 3.8) is 0 Å². The molecule has 1 rings (SSSR count). The Morgan fingerprint density at radius 1 is 1.29 bits per heavy atom. The van der Waals surface area contributed by atoms with Crippen LogP contribution in [-0.2, 0) is 0 Å². The van der Waals surface area contributed by atoms with Crippen molar-refractivity contribution in [3.8, 4) is 5.75 Å². The molecule has 0 aromatic heterocycles. The highest BCUT2D eigenvalue weighted by atomic mass is 79.9. The summed E-state index contributed by atoms with van der Waals surface area (Å²) in [5, 5.41) is 0. The predicted octanol–water partition coefficient (Wildman–Crippen LogP) is 5.33. The first kappa shape index (κ1) is 12.8. The summed E-state index contributed by atoms with van der Waals surface area (Å²) in [4.78, 5) is 0. The van der Waals surface area contributed by atoms with Gasteiger partial charge in [0, 0.05) is 4.47 Å². The van der Waals surface area contributed by atoms with Crippen LogP contribution in [0.15, 0.2) is 25.6 Å². The number of rotatable bonds is 3. The van der Waals surface area contributed by atoms with Gasteiger partial charge in [0.15, 0.2) is 5.56 Å². The number of ether oxygens (including phenoxy) is 1. The molecule has 0 aliphatic carbocycles. The summed E-state index contributed by atoms with van der Waals surface area (Å²) in [6.07, 6.45) is 0.760. The zero-order valence-corrected chi connectivity index (χ0v) is 12.9. The van der Waals surface area contributed by atoms with E-state index in [2.05, 4.69) is 47.8 Å². The van der Waals surface area contributed by atoms with Gasteiger partial charge in [-0.1, -0.05) is 34.5 Å². The monoisotopic (exact) mass is 404 g/mol. The third kappa shape index (κ3) is 3.40. The number of benzene rings is 1. The molecule has 5 heteroatoms. The maximum atomic E-state index is 5.91. The molecule has 78 valence electrons. The van der Waals surface area contributed by atoms with Crippen LogP contribution in [0, 0.1) is 0 Å². The van der Waals surface area contributed by atoms with Gasteiger partial charge in [0.2, 0.25) is 0 Å². The minimum Gasteiger partial charge on any atom is -0.472 e. The van der Waals surface area contributed by atoms with Crippen LogP contribution in [0.2, 0.25) is 0 Å². The number of hydrogen-bond donors (Lipinski definition) is 0. The highest BCUT2D eigenvalue weighted by molar-refractivity contribution is 9.11. The highest BCUT2D eigenvalue weighted by Gasteiger charge is 2.11. The van der Waals surface area contributed by atoms with Gasteiger partial charge in [-0.3, -0.25) is 0 Å². The van der Waals surface area contributed by atoms with Crippen molar-refractivity contribution in [2.75, 3.05) is 0 Å². The van der Waals surface area contributed by atoms with Gasteiger partial charge in [-0.15, -0.1) is 0 Å². The largest absolute Gasteiger partial charge is 0.472 e. The molecular weight excluding hydrogens is 399 g/mol. The van der Waals surface area contributed by atoms with Crippen LogP contribution in [0.1, 0.15) is 13.3 Å². The molecule has 0 saturated carbocycles. The van der Waals surface area contributed by atoms with E-state index >= 15 is 0 Å².